The van der Waals surface area contributed by atoms with Gasteiger partial charge in [0.15, 0.2) is 5.71 Å². The van der Waals surface area contributed by atoms with Gasteiger partial charge in [-0.3, -0.25) is 9.59 Å². The summed E-state index contributed by atoms with van der Waals surface area (Å²) in [6.45, 7) is 11.2. The molecule has 21 nitrogen and oxygen atoms in total. The van der Waals surface area contributed by atoms with E-state index in [1.54, 1.807) is 20.1 Å². The number of likely N-dealkylation sites (N-methyl/N-ethyl adjacent to an activating group) is 1. The first kappa shape index (κ1) is 58.4. The number of benzene rings is 2. The molecule has 2 amide bonds. The van der Waals surface area contributed by atoms with Gasteiger partial charge >= 0.3 is 5.97 Å². The van der Waals surface area contributed by atoms with E-state index in [9.17, 15) is 53.3 Å². The fourth-order valence-electron chi connectivity index (χ4n) is 9.19. The number of hydroxylamine groups is 2. The van der Waals surface area contributed by atoms with Gasteiger partial charge in [-0.05, 0) is 107 Å². The number of amides is 2. The zero-order valence-corrected chi connectivity index (χ0v) is 43.8. The molecule has 0 saturated carbocycles. The molecule has 2 atom stereocenters. The molecule has 0 spiro atoms. The van der Waals surface area contributed by atoms with Crippen molar-refractivity contribution in [3.63, 3.8) is 0 Å². The second-order valence-corrected chi connectivity index (χ2v) is 22.3. The van der Waals surface area contributed by atoms with Crippen LogP contribution in [0.25, 0.3) is 0 Å². The van der Waals surface area contributed by atoms with Gasteiger partial charge in [0.25, 0.3) is 11.8 Å². The van der Waals surface area contributed by atoms with Gasteiger partial charge in [0, 0.05) is 86.2 Å². The first-order chi connectivity index (χ1) is 33.9. The van der Waals surface area contributed by atoms with Gasteiger partial charge in [-0.1, -0.05) is 0 Å². The third-order valence-corrected chi connectivity index (χ3v) is 15.3. The summed E-state index contributed by atoms with van der Waals surface area (Å²) in [7, 11) is -12.8. The fourth-order valence-corrected chi connectivity index (χ4v) is 10.7. The summed E-state index contributed by atoms with van der Waals surface area (Å²) in [5.74, 6) is -2.58. The van der Waals surface area contributed by atoms with Crippen LogP contribution in [-0.4, -0.2) is 157 Å². The number of allylic oxidation sites excluding steroid dienone is 4. The first-order valence-corrected chi connectivity index (χ1v) is 28.2. The van der Waals surface area contributed by atoms with Gasteiger partial charge < -0.3 is 47.1 Å². The Morgan fingerprint density at radius 1 is 0.722 bits per heavy atom. The maximum absolute atomic E-state index is 12.6. The molecular weight excluding hydrogens is 1000 g/mol. The number of hydrogen-bond donors (Lipinski definition) is 0. The Kier molecular flexibility index (Phi) is 20.8. The quantitative estimate of drug-likeness (QED) is 0.0445. The van der Waals surface area contributed by atoms with Crippen LogP contribution < -0.4 is 4.90 Å². The molecule has 400 valence electrons. The van der Waals surface area contributed by atoms with Gasteiger partial charge in [0.2, 0.25) is 5.69 Å². The summed E-state index contributed by atoms with van der Waals surface area (Å²) in [5, 5.41) is 0.501. The largest absolute Gasteiger partial charge is 0.748 e. The van der Waals surface area contributed by atoms with Crippen molar-refractivity contribution in [2.24, 2.45) is 0 Å². The fraction of sp³-hybridized carbons (Fsp3) is 0.583. The number of carbonyl (C=O) groups excluding carboxylic acids is 3. The predicted molar refractivity (Wildman–Crippen MR) is 257 cm³/mol. The molecule has 3 aliphatic rings. The highest BCUT2D eigenvalue weighted by Crippen LogP contribution is 2.52. The molecule has 0 radical (unpaired) electrons. The Hall–Kier alpha value is -4.47. The predicted octanol–water partition coefficient (Wildman–Crippen LogP) is 4.08. The van der Waals surface area contributed by atoms with Gasteiger partial charge in [-0.15, -0.1) is 5.06 Å². The van der Waals surface area contributed by atoms with E-state index in [0.29, 0.717) is 123 Å². The summed E-state index contributed by atoms with van der Waals surface area (Å²) < 4.78 is 139. The number of nitrogens with zero attached hydrogens (tertiary/aromatic N) is 3. The van der Waals surface area contributed by atoms with E-state index in [1.807, 2.05) is 42.4 Å². The lowest BCUT2D eigenvalue weighted by Gasteiger charge is -2.31. The van der Waals surface area contributed by atoms with Crippen LogP contribution in [0.1, 0.15) is 96.6 Å². The van der Waals surface area contributed by atoms with E-state index >= 15 is 0 Å². The zero-order valence-electron chi connectivity index (χ0n) is 41.4. The second kappa shape index (κ2) is 25.7. The molecule has 0 aliphatic carbocycles. The van der Waals surface area contributed by atoms with Crippen molar-refractivity contribution in [3.05, 3.63) is 70.9 Å². The van der Waals surface area contributed by atoms with Crippen LogP contribution in [0.3, 0.4) is 0 Å². The zero-order chi connectivity index (χ0) is 52.9. The number of methoxy groups -OCH3 is 1. The molecule has 2 unspecified atom stereocenters. The monoisotopic (exact) mass is 1070 g/mol. The van der Waals surface area contributed by atoms with Crippen LogP contribution in [0.15, 0.2) is 69.6 Å². The van der Waals surface area contributed by atoms with E-state index < -0.39 is 74.5 Å². The van der Waals surface area contributed by atoms with Crippen molar-refractivity contribution in [2.45, 2.75) is 106 Å². The molecule has 1 fully saturated rings. The standard InChI is InChI=1S/C48H67N3O18S3/c1-6-49-40-14-12-36(71(58,59)60)33-38(40)47(3,18-10-30-70(55,56)57)42(49)31-35(2)32-43-48(4,19-21-65-24-25-67-28-29-68-27-26-66-23-22-64-5)39-34-37(72(61,62)63)13-15-41(39)50(43)20-9-7-8-11-46(54)69-51-44(52)16-17-45(51)53/h12-15,31-34H,6-11,16-30H2,1-5H3,(H2-,55,56,57,58,59,60,61,62,63)/p-2. The highest BCUT2D eigenvalue weighted by molar-refractivity contribution is 7.86. The molecule has 3 heterocycles. The Morgan fingerprint density at radius 3 is 1.83 bits per heavy atom. The summed E-state index contributed by atoms with van der Waals surface area (Å²) in [5.41, 5.74) is 2.10. The number of fused-ring (bicyclic) bond motifs is 2. The van der Waals surface area contributed by atoms with E-state index in [4.69, 9.17) is 28.5 Å². The van der Waals surface area contributed by atoms with E-state index in [-0.39, 0.29) is 51.9 Å². The first-order valence-electron chi connectivity index (χ1n) is 23.8. The van der Waals surface area contributed by atoms with Crippen LogP contribution in [0.5, 0.6) is 0 Å². The minimum atomic E-state index is -4.91. The van der Waals surface area contributed by atoms with Gasteiger partial charge in [-0.2, -0.15) is 4.58 Å². The highest BCUT2D eigenvalue weighted by atomic mass is 32.2. The molecule has 5 rings (SSSR count). The number of imide groups is 1. The number of anilines is 1. The van der Waals surface area contributed by atoms with Gasteiger partial charge in [-0.25, -0.2) is 30.0 Å². The summed E-state index contributed by atoms with van der Waals surface area (Å²) >= 11 is 0. The van der Waals surface area contributed by atoms with Crippen molar-refractivity contribution in [1.29, 1.82) is 0 Å². The SMILES string of the molecule is CCN1/C(=C/C(C)=C/C2=[N+](CCCCCC(=O)ON3C(=O)CCC3=O)c3ccc(S(=O)(=O)[O-])cc3C2(C)CCOCCOCCOCCOCCOC)C(C)(CCCS(=O)(=O)[O-])c2cc(S(=O)(=O)[O-])ccc21. The van der Waals surface area contributed by atoms with Crippen LogP contribution in [-0.2, 0) is 84.1 Å². The lowest BCUT2D eigenvalue weighted by atomic mass is 9.75. The van der Waals surface area contributed by atoms with E-state index in [1.165, 1.54) is 30.3 Å². The van der Waals surface area contributed by atoms with Gasteiger partial charge in [0.05, 0.1) is 78.2 Å². The number of unbranched alkanes of at least 4 members (excludes halogenated alkanes) is 2. The molecule has 0 aromatic heterocycles. The van der Waals surface area contributed by atoms with Crippen molar-refractivity contribution >= 4 is 65.2 Å². The highest BCUT2D eigenvalue weighted by Gasteiger charge is 2.49. The van der Waals surface area contributed by atoms with Crippen molar-refractivity contribution in [1.82, 2.24) is 5.06 Å². The Labute approximate surface area is 422 Å². The summed E-state index contributed by atoms with van der Waals surface area (Å²) in [6, 6.07) is 8.23. The molecule has 24 heteroatoms. The van der Waals surface area contributed by atoms with Gasteiger partial charge in [0.1, 0.15) is 26.8 Å². The third-order valence-electron chi connectivity index (χ3n) is 12.9. The van der Waals surface area contributed by atoms with Crippen molar-refractivity contribution < 1.29 is 86.4 Å². The third kappa shape index (κ3) is 15.3. The topological polar surface area (TPSA) is 288 Å². The Balaban J connectivity index is 1.48. The van der Waals surface area contributed by atoms with Crippen LogP contribution in [0, 0.1) is 0 Å². The maximum atomic E-state index is 12.6. The molecule has 2 aromatic carbocycles. The molecule has 2 aromatic rings. The minimum absolute atomic E-state index is 0.0347. The summed E-state index contributed by atoms with van der Waals surface area (Å²) in [6.07, 6.45) is 5.28. The maximum Gasteiger partial charge on any atom is 0.333 e. The average Bonchev–Trinajstić information content (AvgIpc) is 3.83. The van der Waals surface area contributed by atoms with Crippen LogP contribution in [0.2, 0.25) is 0 Å². The van der Waals surface area contributed by atoms with E-state index in [2.05, 4.69) is 0 Å². The molecule has 3 aliphatic heterocycles. The minimum Gasteiger partial charge on any atom is -0.748 e. The lowest BCUT2D eigenvalue weighted by molar-refractivity contribution is -0.438. The van der Waals surface area contributed by atoms with Crippen molar-refractivity contribution in [3.8, 4) is 0 Å². The number of carbonyl (C=O) groups is 3. The number of hydrogen-bond acceptors (Lipinski definition) is 19. The van der Waals surface area contributed by atoms with Crippen molar-refractivity contribution in [2.75, 3.05) is 90.3 Å². The number of ether oxygens (including phenoxy) is 5. The summed E-state index contributed by atoms with van der Waals surface area (Å²) in [4.78, 5) is 42.6. The number of rotatable bonds is 31. The smallest absolute Gasteiger partial charge is 0.333 e. The lowest BCUT2D eigenvalue weighted by Crippen LogP contribution is -2.33. The normalized spacial score (nSPS) is 20.1. The molecule has 0 N–H and O–H groups in total. The second-order valence-electron chi connectivity index (χ2n) is 18.0. The van der Waals surface area contributed by atoms with E-state index in [0.717, 1.165) is 0 Å². The average molecular weight is 1070 g/mol. The van der Waals surface area contributed by atoms with Crippen LogP contribution in [0.4, 0.5) is 11.4 Å². The van der Waals surface area contributed by atoms with Crippen LogP contribution >= 0.6 is 0 Å². The molecular formula is C48H65N3O18S3-2. The molecule has 0 bridgehead atoms. The Morgan fingerprint density at radius 2 is 1.28 bits per heavy atom. The Bertz CT molecular complexity index is 2710. The molecule has 1 saturated heterocycles. The molecule has 72 heavy (non-hydrogen) atoms.